The zero-order valence-corrected chi connectivity index (χ0v) is 63.8. The van der Waals surface area contributed by atoms with E-state index in [1.807, 2.05) is 52.1 Å². The highest BCUT2D eigenvalue weighted by molar-refractivity contribution is 6.39. The number of hydrogen-bond donors (Lipinski definition) is 2. The van der Waals surface area contributed by atoms with Crippen LogP contribution >= 0.6 is 0 Å². The molecular weight excluding hydrogens is 1330 g/mol. The van der Waals surface area contributed by atoms with Crippen LogP contribution in [-0.2, 0) is 70.1 Å². The van der Waals surface area contributed by atoms with Gasteiger partial charge in [-0.05, 0) is 121 Å². The van der Waals surface area contributed by atoms with Gasteiger partial charge in [-0.15, -0.1) is 0 Å². The van der Waals surface area contributed by atoms with E-state index in [0.29, 0.717) is 120 Å². The first-order valence-electron chi connectivity index (χ1n) is 37.8. The van der Waals surface area contributed by atoms with Crippen molar-refractivity contribution in [2.45, 2.75) is 207 Å². The summed E-state index contributed by atoms with van der Waals surface area (Å²) in [4.78, 5) is 128. The fourth-order valence-electron chi connectivity index (χ4n) is 15.4. The lowest BCUT2D eigenvalue weighted by atomic mass is 9.78. The summed E-state index contributed by atoms with van der Waals surface area (Å²) < 4.78 is 42.3. The molecule has 15 atom stereocenters. The van der Waals surface area contributed by atoms with E-state index in [0.717, 1.165) is 82.3 Å². The molecule has 6 aliphatic rings. The minimum Gasteiger partial charge on any atom is -0.460 e. The molecule has 7 heterocycles. The van der Waals surface area contributed by atoms with Crippen LogP contribution in [0.2, 0.25) is 0 Å². The minimum absolute atomic E-state index is 0.0142. The number of aliphatic hydroxyl groups is 2. The predicted molar refractivity (Wildman–Crippen MR) is 392 cm³/mol. The number of carbonyl (C=O) groups excluding carboxylic acids is 7. The monoisotopic (exact) mass is 1450 g/mol. The highest BCUT2D eigenvalue weighted by Gasteiger charge is 2.53. The van der Waals surface area contributed by atoms with Crippen molar-refractivity contribution in [3.8, 4) is 0 Å². The fourth-order valence-corrected chi connectivity index (χ4v) is 15.4. The van der Waals surface area contributed by atoms with Crippen molar-refractivity contribution < 1.29 is 76.9 Å². The van der Waals surface area contributed by atoms with E-state index in [4.69, 9.17) is 43.1 Å². The van der Waals surface area contributed by atoms with Gasteiger partial charge in [0.15, 0.2) is 11.6 Å². The summed E-state index contributed by atoms with van der Waals surface area (Å²) in [5.41, 5.74) is 3.61. The molecule has 0 spiro atoms. The summed E-state index contributed by atoms with van der Waals surface area (Å²) in [7, 11) is 4.55. The molecule has 2 amide bonds. The van der Waals surface area contributed by atoms with Crippen molar-refractivity contribution >= 4 is 53.0 Å². The number of carbonyl (C=O) groups is 7. The quantitative estimate of drug-likeness (QED) is 0.0166. The Kier molecular flexibility index (Phi) is 31.7. The number of anilines is 2. The third-order valence-corrected chi connectivity index (χ3v) is 22.4. The maximum absolute atomic E-state index is 14.8. The Morgan fingerprint density at radius 1 is 0.779 bits per heavy atom. The number of piperazine rings is 2. The number of esters is 1. The molecule has 26 heteroatoms. The highest BCUT2D eigenvalue weighted by atomic mass is 16.6. The topological polar surface area (TPSA) is 296 Å². The third kappa shape index (κ3) is 22.2. The first-order chi connectivity index (χ1) is 49.8. The van der Waals surface area contributed by atoms with E-state index in [1.54, 1.807) is 71.4 Å². The van der Waals surface area contributed by atoms with Crippen molar-refractivity contribution in [3.05, 3.63) is 83.5 Å². The molecule has 4 saturated heterocycles. The molecule has 0 aromatic carbocycles. The van der Waals surface area contributed by atoms with E-state index in [2.05, 4.69) is 36.1 Å². The number of likely N-dealkylation sites (tertiary alicyclic amines) is 1. The number of nitrogens with zero attached hydrogens (tertiary/aromatic N) is 10. The van der Waals surface area contributed by atoms with E-state index < -0.39 is 95.9 Å². The summed E-state index contributed by atoms with van der Waals surface area (Å²) in [6, 6.07) is -1.20. The lowest BCUT2D eigenvalue weighted by Crippen LogP contribution is -2.61. The summed E-state index contributed by atoms with van der Waals surface area (Å²) in [5.74, 6) is -7.12. The van der Waals surface area contributed by atoms with Gasteiger partial charge in [-0.2, -0.15) is 0 Å². The Bertz CT molecular complexity index is 3300. The summed E-state index contributed by atoms with van der Waals surface area (Å²) in [6.45, 7) is 30.2. The molecule has 2 aromatic rings. The standard InChI is InChI=1S/C78H118N10O16/c1-14-16-19-50(3)40-54(7)69(91)71(100-13)70(92)55(8)41-52(5)64(90)45-67(102-74(95)63-20-17-18-26-88(63)73(94)72(93)78(97)56(9)21-23-61(104-78)44-66(98-11)51(4)15-2)53(6)42-58-22-24-65(68(43-58)99-12)103-77(96)87-27-25-62-60(49-87)48-81-76(82-62)86-34-30-84(31-35-86)37-39-101-38-36-83-28-32-85(33-29-83)75-79-46-59(47-80-75)57(10)89/h14-16,19,41,46-48,50,52-54,56,58,61,63,65-68,70-71,92,97H,1,17-18,20-40,42-45,49H2,2-13H3/b19-16+,51-15+,55-41+/t50-,52-,53-,54-,56-,58+,61+,63+,65-,66+,67+,68-,70-,71+,78-/m1/s1. The van der Waals surface area contributed by atoms with Crippen LogP contribution in [0.15, 0.2) is 66.7 Å². The zero-order valence-electron chi connectivity index (χ0n) is 63.8. The van der Waals surface area contributed by atoms with E-state index in [1.165, 1.54) is 18.9 Å². The second kappa shape index (κ2) is 39.7. The molecule has 5 fully saturated rings. The molecule has 2 aromatic heterocycles. The van der Waals surface area contributed by atoms with Gasteiger partial charge in [0.05, 0.1) is 49.3 Å². The predicted octanol–water partition coefficient (Wildman–Crippen LogP) is 7.76. The molecule has 5 aliphatic heterocycles. The number of rotatable bonds is 35. The van der Waals surface area contributed by atoms with Crippen LogP contribution in [-0.4, -0.2) is 258 Å². The van der Waals surface area contributed by atoms with Gasteiger partial charge in [-0.25, -0.2) is 29.5 Å². The van der Waals surface area contributed by atoms with Crippen molar-refractivity contribution in [1.82, 2.24) is 39.5 Å². The molecule has 26 nitrogen and oxygen atoms in total. The van der Waals surface area contributed by atoms with Gasteiger partial charge in [-0.3, -0.25) is 33.8 Å². The lowest BCUT2D eigenvalue weighted by molar-refractivity contribution is -0.265. The Morgan fingerprint density at radius 3 is 2.07 bits per heavy atom. The van der Waals surface area contributed by atoms with Crippen LogP contribution in [0.1, 0.15) is 161 Å². The second-order valence-corrected chi connectivity index (χ2v) is 29.8. The van der Waals surface area contributed by atoms with Gasteiger partial charge in [0.2, 0.25) is 17.7 Å². The summed E-state index contributed by atoms with van der Waals surface area (Å²) in [5, 5.41) is 23.6. The molecule has 0 unspecified atom stereocenters. The molecule has 576 valence electrons. The van der Waals surface area contributed by atoms with Crippen LogP contribution in [0.25, 0.3) is 0 Å². The van der Waals surface area contributed by atoms with Crippen molar-refractivity contribution in [3.63, 3.8) is 0 Å². The minimum atomic E-state index is -2.45. The number of ether oxygens (including phenoxy) is 7. The second-order valence-electron chi connectivity index (χ2n) is 29.8. The number of allylic oxidation sites excluding steroid dienone is 5. The van der Waals surface area contributed by atoms with Crippen LogP contribution in [0.3, 0.4) is 0 Å². The van der Waals surface area contributed by atoms with Crippen LogP contribution in [0.5, 0.6) is 0 Å². The molecular formula is C78H118N10O16. The third-order valence-electron chi connectivity index (χ3n) is 22.4. The van der Waals surface area contributed by atoms with Gasteiger partial charge < -0.3 is 63.0 Å². The van der Waals surface area contributed by atoms with Crippen LogP contribution in [0, 0.1) is 35.5 Å². The van der Waals surface area contributed by atoms with Gasteiger partial charge in [0.1, 0.15) is 36.2 Å². The number of Topliss-reactive ketones (excluding diaryl/α,β-unsaturated/α-hetero) is 4. The van der Waals surface area contributed by atoms with Gasteiger partial charge in [0.25, 0.3) is 11.7 Å². The molecule has 2 N–H and O–H groups in total. The van der Waals surface area contributed by atoms with E-state index in [-0.39, 0.29) is 54.7 Å². The van der Waals surface area contributed by atoms with E-state index >= 15 is 0 Å². The number of amides is 2. The van der Waals surface area contributed by atoms with Gasteiger partial charge >= 0.3 is 12.1 Å². The first kappa shape index (κ1) is 82.9. The average molecular weight is 1450 g/mol. The molecule has 1 aliphatic carbocycles. The highest BCUT2D eigenvalue weighted by Crippen LogP contribution is 2.39. The smallest absolute Gasteiger partial charge is 0.410 e. The summed E-state index contributed by atoms with van der Waals surface area (Å²) >= 11 is 0. The Balaban J connectivity index is 0.848. The molecule has 0 bridgehead atoms. The molecule has 104 heavy (non-hydrogen) atoms. The number of ketones is 4. The van der Waals surface area contributed by atoms with E-state index in [9.17, 15) is 43.8 Å². The number of methoxy groups -OCH3 is 3. The van der Waals surface area contributed by atoms with Crippen molar-refractivity contribution in [1.29, 1.82) is 0 Å². The Hall–Kier alpha value is -6.75. The number of aliphatic hydroxyl groups excluding tert-OH is 1. The lowest BCUT2D eigenvalue weighted by Gasteiger charge is -2.42. The largest absolute Gasteiger partial charge is 0.460 e. The van der Waals surface area contributed by atoms with Gasteiger partial charge in [0, 0.05) is 161 Å². The van der Waals surface area contributed by atoms with Crippen molar-refractivity contribution in [2.75, 3.05) is 123 Å². The van der Waals surface area contributed by atoms with Crippen LogP contribution < -0.4 is 9.80 Å². The molecule has 8 rings (SSSR count). The maximum atomic E-state index is 14.8. The first-order valence-corrected chi connectivity index (χ1v) is 37.8. The zero-order chi connectivity index (χ0) is 75.4. The van der Waals surface area contributed by atoms with Crippen LogP contribution in [0.4, 0.5) is 16.7 Å². The molecule has 1 saturated carbocycles. The maximum Gasteiger partial charge on any atom is 0.410 e. The Morgan fingerprint density at radius 2 is 1.44 bits per heavy atom. The number of hydrogen-bond acceptors (Lipinski definition) is 24. The fraction of sp³-hybridized carbons (Fsp3) is 0.705. The number of fused-ring (bicyclic) bond motifs is 1. The summed E-state index contributed by atoms with van der Waals surface area (Å²) in [6.07, 6.45) is 13.5. The molecule has 0 radical (unpaired) electrons. The average Bonchev–Trinajstić information content (AvgIpc) is 0.778. The Labute approximate surface area is 615 Å². The SMILES string of the molecule is C=C/C=C/[C@@H](C)C[C@@H](C)C(=O)[C@H](OC)[C@H](O)/C(C)=C/[C@@H](C)C(=O)C[C@H](OC(=O)[C@@H]1CCCCN1C(=O)C(=O)[C@]1(O)O[C@H](C[C@H](OC)/C(C)=C/C)CC[C@H]1C)[C@H](C)C[C@@H]1CC[C@@H](OC(=O)N2CCc3nc(N4CCN(CCOCCN5CCN(c6ncc(C(C)=O)cn6)CC5)CC4)ncc3C2)[C@H](OC)C1. The normalized spacial score (nSPS) is 25.6. The number of aromatic nitrogens is 4. The number of piperidine rings is 1. The van der Waals surface area contributed by atoms with Crippen molar-refractivity contribution in [2.24, 2.45) is 35.5 Å². The van der Waals surface area contributed by atoms with Gasteiger partial charge in [-0.1, -0.05) is 71.6 Å².